The van der Waals surface area contributed by atoms with E-state index in [1.807, 2.05) is 19.1 Å². The van der Waals surface area contributed by atoms with Crippen LogP contribution in [0.1, 0.15) is 53.1 Å². The number of pyridine rings is 1. The van der Waals surface area contributed by atoms with Crippen LogP contribution < -0.4 is 5.43 Å². The summed E-state index contributed by atoms with van der Waals surface area (Å²) >= 11 is 5.95. The number of aryl methyl sites for hydroxylation is 2. The van der Waals surface area contributed by atoms with Crippen LogP contribution in [0.25, 0.3) is 11.3 Å². The van der Waals surface area contributed by atoms with Gasteiger partial charge in [0.15, 0.2) is 0 Å². The van der Waals surface area contributed by atoms with E-state index >= 15 is 0 Å². The number of benzene rings is 1. The molecular formula is C26H26ClFN4O2. The molecule has 1 aromatic carbocycles. The van der Waals surface area contributed by atoms with Crippen molar-refractivity contribution in [1.82, 2.24) is 19.9 Å². The van der Waals surface area contributed by atoms with Gasteiger partial charge in [0.1, 0.15) is 11.5 Å². The number of aromatic amines is 1. The van der Waals surface area contributed by atoms with E-state index in [9.17, 15) is 9.18 Å². The third kappa shape index (κ3) is 5.32. The lowest BCUT2D eigenvalue weighted by atomic mass is 9.89. The molecule has 1 aliphatic heterocycles. The highest BCUT2D eigenvalue weighted by atomic mass is 35.5. The first-order valence-electron chi connectivity index (χ1n) is 11.1. The van der Waals surface area contributed by atoms with Gasteiger partial charge in [-0.25, -0.2) is 14.4 Å². The van der Waals surface area contributed by atoms with E-state index in [-0.39, 0.29) is 33.7 Å². The largest absolute Gasteiger partial charge is 0.373 e. The third-order valence-electron chi connectivity index (χ3n) is 6.10. The zero-order valence-electron chi connectivity index (χ0n) is 19.3. The first kappa shape index (κ1) is 24.0. The Hall–Kier alpha value is -3.16. The Morgan fingerprint density at radius 1 is 1.18 bits per heavy atom. The molecule has 176 valence electrons. The van der Waals surface area contributed by atoms with Crippen molar-refractivity contribution in [2.75, 3.05) is 6.61 Å². The summed E-state index contributed by atoms with van der Waals surface area (Å²) in [6.45, 7) is 5.92. The van der Waals surface area contributed by atoms with Crippen LogP contribution >= 0.6 is 11.6 Å². The smallest absolute Gasteiger partial charge is 0.209 e. The molecule has 0 bridgehead atoms. The number of H-pyrrole nitrogens is 1. The van der Waals surface area contributed by atoms with Crippen LogP contribution in [0.15, 0.2) is 53.8 Å². The van der Waals surface area contributed by atoms with Crippen molar-refractivity contribution in [2.24, 2.45) is 0 Å². The number of nitrogens with zero attached hydrogens (tertiary/aromatic N) is 3. The Bertz CT molecular complexity index is 1330. The zero-order valence-corrected chi connectivity index (χ0v) is 20.1. The Balaban J connectivity index is 1.87. The summed E-state index contributed by atoms with van der Waals surface area (Å²) in [6.07, 6.45) is 6.15. The Labute approximate surface area is 202 Å². The molecule has 0 radical (unpaired) electrons. The molecule has 0 spiro atoms. The zero-order chi connectivity index (χ0) is 24.2. The third-order valence-corrected chi connectivity index (χ3v) is 6.34. The highest BCUT2D eigenvalue weighted by Crippen LogP contribution is 2.37. The van der Waals surface area contributed by atoms with Crippen LogP contribution in [0.3, 0.4) is 0 Å². The quantitative estimate of drug-likeness (QED) is 0.519. The monoisotopic (exact) mass is 480 g/mol. The number of rotatable bonds is 3. The molecule has 8 heteroatoms. The summed E-state index contributed by atoms with van der Waals surface area (Å²) in [7, 11) is 0. The van der Waals surface area contributed by atoms with Crippen LogP contribution in [0, 0.1) is 26.6 Å². The molecular weight excluding hydrogens is 455 g/mol. The maximum Gasteiger partial charge on any atom is 0.209 e. The van der Waals surface area contributed by atoms with E-state index < -0.39 is 5.82 Å². The van der Waals surface area contributed by atoms with Crippen molar-refractivity contribution >= 4 is 11.6 Å². The molecule has 3 heterocycles. The second kappa shape index (κ2) is 10.4. The molecule has 2 atom stereocenters. The van der Waals surface area contributed by atoms with Crippen molar-refractivity contribution in [3.8, 4) is 11.3 Å². The number of halogens is 2. The predicted molar refractivity (Wildman–Crippen MR) is 130 cm³/mol. The highest BCUT2D eigenvalue weighted by molar-refractivity contribution is 6.30. The molecule has 1 unspecified atom stereocenters. The van der Waals surface area contributed by atoms with Gasteiger partial charge in [-0.05, 0) is 69.5 Å². The number of hydrogen-bond donors (Lipinski definition) is 1. The van der Waals surface area contributed by atoms with Crippen LogP contribution in [0.4, 0.5) is 4.39 Å². The second-order valence-corrected chi connectivity index (χ2v) is 8.89. The Kier molecular flexibility index (Phi) is 7.34. The maximum atomic E-state index is 14.9. The second-order valence-electron chi connectivity index (χ2n) is 8.45. The van der Waals surface area contributed by atoms with Crippen LogP contribution in [0.5, 0.6) is 0 Å². The average Bonchev–Trinajstić information content (AvgIpc) is 2.83. The van der Waals surface area contributed by atoms with Crippen LogP contribution in [-0.4, -0.2) is 26.5 Å². The van der Waals surface area contributed by atoms with Gasteiger partial charge in [0, 0.05) is 46.3 Å². The minimum Gasteiger partial charge on any atom is -0.373 e. The summed E-state index contributed by atoms with van der Waals surface area (Å²) < 4.78 is 20.9. The summed E-state index contributed by atoms with van der Waals surface area (Å²) in [4.78, 5) is 29.8. The van der Waals surface area contributed by atoms with Gasteiger partial charge in [0.2, 0.25) is 5.43 Å². The summed E-state index contributed by atoms with van der Waals surface area (Å²) in [5.41, 5.74) is 3.37. The summed E-state index contributed by atoms with van der Waals surface area (Å²) in [5, 5.41) is 0.250. The summed E-state index contributed by atoms with van der Waals surface area (Å²) in [5.74, 6) is -0.637. The molecule has 34 heavy (non-hydrogen) atoms. The molecule has 1 aliphatic rings. The predicted octanol–water partition coefficient (Wildman–Crippen LogP) is 5.70. The minimum atomic E-state index is -0.602. The van der Waals surface area contributed by atoms with E-state index in [2.05, 4.69) is 15.0 Å². The lowest BCUT2D eigenvalue weighted by Crippen LogP contribution is -2.20. The molecule has 0 saturated carbocycles. The standard InChI is InChI=1S/C26H26ClFN4O2/c1-15-10-19(6-8-30-15)24-11-18(7-9-34-24)23-13-29-14-31-17(3)16(2)26(33)25(32-23)21-5-4-20(27)12-22(21)28/h4-6,8,10,12-14,18,24H,7,9,11H2,1-3H3,(H,29,31)/t18-,24?/m1/s1. The molecule has 1 fully saturated rings. The van der Waals surface area contributed by atoms with Gasteiger partial charge >= 0.3 is 0 Å². The number of nitrogens with one attached hydrogen (secondary N) is 1. The fourth-order valence-electron chi connectivity index (χ4n) is 4.04. The first-order valence-corrected chi connectivity index (χ1v) is 11.5. The van der Waals surface area contributed by atoms with Crippen LogP contribution in [0.2, 0.25) is 5.02 Å². The van der Waals surface area contributed by atoms with Gasteiger partial charge in [-0.2, -0.15) is 0 Å². The SMILES string of the molecule is Cc1cc(C2C[C@H](c3cnc[nH]c(C)c(C)c(=O)c(-c4ccc(Cl)cc4F)n3)CCO2)ccn1. The molecule has 0 aliphatic carbocycles. The highest BCUT2D eigenvalue weighted by Gasteiger charge is 2.27. The first-order chi connectivity index (χ1) is 16.3. The van der Waals surface area contributed by atoms with Crippen molar-refractivity contribution < 1.29 is 9.13 Å². The number of aromatic nitrogens is 4. The van der Waals surface area contributed by atoms with Gasteiger partial charge in [0.05, 0.1) is 24.3 Å². The van der Waals surface area contributed by atoms with Gasteiger partial charge in [-0.15, -0.1) is 0 Å². The van der Waals surface area contributed by atoms with Gasteiger partial charge in [-0.3, -0.25) is 9.78 Å². The number of ether oxygens (including phenoxy) is 1. The molecule has 2 aromatic heterocycles. The maximum absolute atomic E-state index is 14.9. The van der Waals surface area contributed by atoms with E-state index in [4.69, 9.17) is 21.3 Å². The van der Waals surface area contributed by atoms with E-state index in [1.54, 1.807) is 32.3 Å². The lowest BCUT2D eigenvalue weighted by molar-refractivity contribution is 0.00454. The lowest BCUT2D eigenvalue weighted by Gasteiger charge is -2.29. The van der Waals surface area contributed by atoms with Gasteiger partial charge < -0.3 is 9.72 Å². The van der Waals surface area contributed by atoms with Crippen molar-refractivity contribution in [3.63, 3.8) is 0 Å². The fourth-order valence-corrected chi connectivity index (χ4v) is 4.20. The molecule has 0 amide bonds. The van der Waals surface area contributed by atoms with Crippen molar-refractivity contribution in [1.29, 1.82) is 0 Å². The Morgan fingerprint density at radius 3 is 2.76 bits per heavy atom. The van der Waals surface area contributed by atoms with Gasteiger partial charge in [-0.1, -0.05) is 11.6 Å². The van der Waals surface area contributed by atoms with E-state index in [1.165, 1.54) is 18.5 Å². The van der Waals surface area contributed by atoms with Gasteiger partial charge in [0.25, 0.3) is 0 Å². The summed E-state index contributed by atoms with van der Waals surface area (Å²) in [6, 6.07) is 8.19. The van der Waals surface area contributed by atoms with E-state index in [0.29, 0.717) is 36.4 Å². The normalized spacial score (nSPS) is 17.8. The van der Waals surface area contributed by atoms with Crippen LogP contribution in [-0.2, 0) is 4.74 Å². The topological polar surface area (TPSA) is 80.8 Å². The van der Waals surface area contributed by atoms with Crippen molar-refractivity contribution in [2.45, 2.75) is 45.6 Å². The van der Waals surface area contributed by atoms with E-state index in [0.717, 1.165) is 11.3 Å². The molecule has 4 rings (SSSR count). The average molecular weight is 481 g/mol. The Morgan fingerprint density at radius 2 is 2.00 bits per heavy atom. The minimum absolute atomic E-state index is 0.0268. The van der Waals surface area contributed by atoms with Crippen molar-refractivity contribution in [3.05, 3.63) is 98.3 Å². The fraction of sp³-hybridized carbons (Fsp3) is 0.308. The number of hydrogen-bond acceptors (Lipinski definition) is 5. The molecule has 1 saturated heterocycles. The molecule has 6 nitrogen and oxygen atoms in total. The molecule has 1 N–H and O–H groups in total. The molecule has 3 aromatic rings.